The zero-order valence-electron chi connectivity index (χ0n) is 35.1. The highest BCUT2D eigenvalue weighted by Gasteiger charge is 2.22. The number of hydrogen-bond acceptors (Lipinski definition) is 6. The normalized spacial score (nSPS) is 12.6. The minimum absolute atomic E-state index is 0.199. The zero-order valence-corrected chi connectivity index (χ0v) is 36.0. The summed E-state index contributed by atoms with van der Waals surface area (Å²) in [7, 11) is -4.76. The van der Waals surface area contributed by atoms with E-state index in [1.165, 1.54) is 141 Å². The van der Waals surface area contributed by atoms with Gasteiger partial charge in [-0.15, -0.1) is 0 Å². The van der Waals surface area contributed by atoms with Crippen molar-refractivity contribution in [2.24, 2.45) is 0 Å². The lowest BCUT2D eigenvalue weighted by molar-refractivity contribution is -0.161. The number of phosphoric ester groups is 1. The van der Waals surface area contributed by atoms with Gasteiger partial charge in [0.1, 0.15) is 6.61 Å². The third-order valence-electron chi connectivity index (χ3n) is 9.97. The molecular formula is C45H85O8P. The molecule has 1 atom stereocenters. The Labute approximate surface area is 332 Å². The molecule has 0 aliphatic carbocycles. The van der Waals surface area contributed by atoms with Gasteiger partial charge in [-0.05, 0) is 44.9 Å². The van der Waals surface area contributed by atoms with Crippen LogP contribution in [-0.2, 0) is 28.2 Å². The number of phosphoric acid groups is 1. The van der Waals surface area contributed by atoms with Gasteiger partial charge in [-0.25, -0.2) is 4.57 Å². The molecule has 318 valence electrons. The van der Waals surface area contributed by atoms with Crippen LogP contribution in [-0.4, -0.2) is 41.0 Å². The highest BCUT2D eigenvalue weighted by molar-refractivity contribution is 7.46. The number of unbranched alkanes of at least 4 members (excludes halogenated alkanes) is 28. The first-order valence-corrected chi connectivity index (χ1v) is 24.2. The SMILES string of the molecule is CCCCCC/C=C\C/C=C\CCCCCCCC(=O)OC(COC(=O)CCCCCCCCCCCCCCCCCCCCCC)COP(=O)(O)O. The first kappa shape index (κ1) is 52.5. The van der Waals surface area contributed by atoms with Crippen LogP contribution in [0.2, 0.25) is 0 Å². The Balaban J connectivity index is 3.85. The molecule has 2 N–H and O–H groups in total. The van der Waals surface area contributed by atoms with Gasteiger partial charge in [-0.1, -0.05) is 199 Å². The van der Waals surface area contributed by atoms with Gasteiger partial charge in [0.15, 0.2) is 6.10 Å². The monoisotopic (exact) mass is 785 g/mol. The van der Waals surface area contributed by atoms with Crippen LogP contribution in [0.15, 0.2) is 24.3 Å². The van der Waals surface area contributed by atoms with Crippen molar-refractivity contribution < 1.29 is 37.9 Å². The van der Waals surface area contributed by atoms with Crippen LogP contribution >= 0.6 is 7.82 Å². The van der Waals surface area contributed by atoms with Crippen molar-refractivity contribution in [1.82, 2.24) is 0 Å². The summed E-state index contributed by atoms with van der Waals surface area (Å²) < 4.78 is 26.4. The Morgan fingerprint density at radius 3 is 1.24 bits per heavy atom. The van der Waals surface area contributed by atoms with Crippen LogP contribution in [0.5, 0.6) is 0 Å². The van der Waals surface area contributed by atoms with Crippen LogP contribution in [0.1, 0.15) is 232 Å². The maximum Gasteiger partial charge on any atom is 0.469 e. The summed E-state index contributed by atoms with van der Waals surface area (Å²) in [5.41, 5.74) is 0. The van der Waals surface area contributed by atoms with Crippen LogP contribution < -0.4 is 0 Å². The number of carbonyl (C=O) groups is 2. The van der Waals surface area contributed by atoms with E-state index in [0.29, 0.717) is 6.42 Å². The van der Waals surface area contributed by atoms with Crippen molar-refractivity contribution in [3.63, 3.8) is 0 Å². The van der Waals surface area contributed by atoms with Gasteiger partial charge in [0.05, 0.1) is 6.61 Å². The van der Waals surface area contributed by atoms with E-state index >= 15 is 0 Å². The van der Waals surface area contributed by atoms with Gasteiger partial charge >= 0.3 is 19.8 Å². The molecule has 0 saturated carbocycles. The smallest absolute Gasteiger partial charge is 0.462 e. The highest BCUT2D eigenvalue weighted by Crippen LogP contribution is 2.36. The summed E-state index contributed by atoms with van der Waals surface area (Å²) in [5.74, 6) is -0.889. The third kappa shape index (κ3) is 43.3. The predicted molar refractivity (Wildman–Crippen MR) is 225 cm³/mol. The predicted octanol–water partition coefficient (Wildman–Crippen LogP) is 14.0. The van der Waals surface area contributed by atoms with Crippen molar-refractivity contribution in [2.45, 2.75) is 238 Å². The van der Waals surface area contributed by atoms with Crippen LogP contribution in [0.4, 0.5) is 0 Å². The summed E-state index contributed by atoms with van der Waals surface area (Å²) in [6.07, 6.45) is 47.6. The molecule has 0 amide bonds. The molecule has 0 bridgehead atoms. The number of ether oxygens (including phenoxy) is 2. The van der Waals surface area contributed by atoms with E-state index in [9.17, 15) is 14.2 Å². The van der Waals surface area contributed by atoms with E-state index in [1.54, 1.807) is 0 Å². The maximum atomic E-state index is 12.4. The summed E-state index contributed by atoms with van der Waals surface area (Å²) in [5, 5.41) is 0. The summed E-state index contributed by atoms with van der Waals surface area (Å²) >= 11 is 0. The molecule has 0 rings (SSSR count). The molecule has 0 heterocycles. The number of esters is 2. The standard InChI is InChI=1S/C45H85O8P/c1-3-5-7-9-11-13-15-17-19-21-22-23-24-26-27-29-31-33-35-37-39-44(46)51-41-43(42-52-54(48,49)50)53-45(47)40-38-36-34-32-30-28-25-20-18-16-14-12-10-8-6-4-2/h14,16,20,25,43H,3-13,15,17-19,21-24,26-42H2,1-2H3,(H2,48,49,50)/b16-14-,25-20-. The summed E-state index contributed by atoms with van der Waals surface area (Å²) in [6, 6.07) is 0. The largest absolute Gasteiger partial charge is 0.469 e. The Kier molecular flexibility index (Phi) is 40.1. The fourth-order valence-electron chi connectivity index (χ4n) is 6.58. The van der Waals surface area contributed by atoms with E-state index in [0.717, 1.165) is 57.8 Å². The van der Waals surface area contributed by atoms with Gasteiger partial charge < -0.3 is 19.3 Å². The molecule has 0 aromatic carbocycles. The van der Waals surface area contributed by atoms with Crippen molar-refractivity contribution in [3.05, 3.63) is 24.3 Å². The highest BCUT2D eigenvalue weighted by atomic mass is 31.2. The molecular weight excluding hydrogens is 699 g/mol. The second-order valence-corrected chi connectivity index (χ2v) is 16.6. The number of hydrogen-bond donors (Lipinski definition) is 2. The zero-order chi connectivity index (χ0) is 39.6. The van der Waals surface area contributed by atoms with Crippen molar-refractivity contribution in [1.29, 1.82) is 0 Å². The van der Waals surface area contributed by atoms with Crippen molar-refractivity contribution >= 4 is 19.8 Å². The molecule has 0 aromatic rings. The Hall–Kier alpha value is -1.47. The van der Waals surface area contributed by atoms with Crippen molar-refractivity contribution in [3.8, 4) is 0 Å². The second-order valence-electron chi connectivity index (χ2n) is 15.4. The average molecular weight is 785 g/mol. The van der Waals surface area contributed by atoms with E-state index < -0.39 is 32.5 Å². The van der Waals surface area contributed by atoms with E-state index in [1.807, 2.05) is 0 Å². The molecule has 0 aromatic heterocycles. The second kappa shape index (κ2) is 41.2. The summed E-state index contributed by atoms with van der Waals surface area (Å²) in [4.78, 5) is 42.9. The first-order valence-electron chi connectivity index (χ1n) is 22.6. The van der Waals surface area contributed by atoms with Gasteiger partial charge in [-0.3, -0.25) is 14.1 Å². The van der Waals surface area contributed by atoms with Crippen LogP contribution in [0.25, 0.3) is 0 Å². The Morgan fingerprint density at radius 2 is 0.833 bits per heavy atom. The lowest BCUT2D eigenvalue weighted by atomic mass is 10.0. The number of rotatable bonds is 42. The lowest BCUT2D eigenvalue weighted by Crippen LogP contribution is -2.29. The van der Waals surface area contributed by atoms with E-state index in [2.05, 4.69) is 42.7 Å². The molecule has 0 aliphatic heterocycles. The quantitative estimate of drug-likeness (QED) is 0.0272. The van der Waals surface area contributed by atoms with Gasteiger partial charge in [0, 0.05) is 12.8 Å². The topological polar surface area (TPSA) is 119 Å². The maximum absolute atomic E-state index is 12.4. The molecule has 0 saturated heterocycles. The van der Waals surface area contributed by atoms with Gasteiger partial charge in [-0.2, -0.15) is 0 Å². The molecule has 0 spiro atoms. The molecule has 0 aliphatic rings. The van der Waals surface area contributed by atoms with E-state index in [4.69, 9.17) is 19.3 Å². The molecule has 9 heteroatoms. The molecule has 0 fully saturated rings. The Morgan fingerprint density at radius 1 is 0.481 bits per heavy atom. The lowest BCUT2D eigenvalue weighted by Gasteiger charge is -2.18. The molecule has 0 radical (unpaired) electrons. The minimum atomic E-state index is -4.76. The number of carbonyl (C=O) groups excluding carboxylic acids is 2. The fourth-order valence-corrected chi connectivity index (χ4v) is 6.94. The van der Waals surface area contributed by atoms with Crippen LogP contribution in [0.3, 0.4) is 0 Å². The number of allylic oxidation sites excluding steroid dienone is 4. The van der Waals surface area contributed by atoms with Crippen LogP contribution in [0, 0.1) is 0 Å². The first-order chi connectivity index (χ1) is 26.3. The van der Waals surface area contributed by atoms with Crippen molar-refractivity contribution in [2.75, 3.05) is 13.2 Å². The molecule has 54 heavy (non-hydrogen) atoms. The summed E-state index contributed by atoms with van der Waals surface area (Å²) in [6.45, 7) is 3.69. The van der Waals surface area contributed by atoms with E-state index in [-0.39, 0.29) is 19.4 Å². The fraction of sp³-hybridized carbons (Fsp3) is 0.867. The van der Waals surface area contributed by atoms with Gasteiger partial charge in [0.2, 0.25) is 0 Å². The Bertz CT molecular complexity index is 931. The minimum Gasteiger partial charge on any atom is -0.462 e. The van der Waals surface area contributed by atoms with Gasteiger partial charge in [0.25, 0.3) is 0 Å². The molecule has 8 nitrogen and oxygen atoms in total. The third-order valence-corrected chi connectivity index (χ3v) is 10.5. The molecule has 1 unspecified atom stereocenters. The average Bonchev–Trinajstić information content (AvgIpc) is 3.14.